The minimum atomic E-state index is -1.22. The van der Waals surface area contributed by atoms with E-state index in [2.05, 4.69) is 50.4 Å². The lowest BCUT2D eigenvalue weighted by molar-refractivity contribution is -0.142. The topological polar surface area (TPSA) is 221 Å². The second-order valence-electron chi connectivity index (χ2n) is 18.4. The van der Waals surface area contributed by atoms with Crippen LogP contribution in [0.3, 0.4) is 0 Å². The summed E-state index contributed by atoms with van der Waals surface area (Å²) >= 11 is 0. The molecule has 0 radical (unpaired) electrons. The van der Waals surface area contributed by atoms with Crippen molar-refractivity contribution in [3.63, 3.8) is 0 Å². The van der Waals surface area contributed by atoms with E-state index in [0.717, 1.165) is 22.3 Å². The van der Waals surface area contributed by atoms with Crippen molar-refractivity contribution in [3.05, 3.63) is 106 Å². The van der Waals surface area contributed by atoms with Crippen LogP contribution in [0.25, 0.3) is 22.3 Å². The zero-order chi connectivity index (χ0) is 48.3. The van der Waals surface area contributed by atoms with Gasteiger partial charge in [0.2, 0.25) is 11.8 Å². The molecule has 0 unspecified atom stereocenters. The number of ketones is 3. The van der Waals surface area contributed by atoms with Crippen molar-refractivity contribution in [1.29, 1.82) is 5.26 Å². The number of aryl methyl sites for hydroxylation is 2. The van der Waals surface area contributed by atoms with Crippen LogP contribution < -0.4 is 32.0 Å². The normalized spacial score (nSPS) is 16.6. The Bertz CT molecular complexity index is 2440. The highest BCUT2D eigenvalue weighted by atomic mass is 32.1. The minimum absolute atomic E-state index is 0. The number of nitrogens with two attached hydrogens (primary N) is 3. The first-order valence-corrected chi connectivity index (χ1v) is 22.8. The summed E-state index contributed by atoms with van der Waals surface area (Å²) in [4.78, 5) is 72.6. The number of rotatable bonds is 17. The molecule has 4 aromatic carbocycles. The maximum atomic E-state index is 14.9. The Labute approximate surface area is 402 Å². The number of benzene rings is 4. The minimum Gasteiger partial charge on any atom is -0.492 e. The average molecular weight is 933 g/mol. The lowest BCUT2D eigenvalue weighted by Gasteiger charge is -2.32. The van der Waals surface area contributed by atoms with E-state index in [1.54, 1.807) is 37.3 Å². The fourth-order valence-corrected chi connectivity index (χ4v) is 8.70. The monoisotopic (exact) mass is 932 g/mol. The van der Waals surface area contributed by atoms with Crippen molar-refractivity contribution in [2.45, 2.75) is 97.6 Å². The molecular formula is C53H68N6O7S. The highest BCUT2D eigenvalue weighted by molar-refractivity contribution is 7.59. The van der Waals surface area contributed by atoms with Gasteiger partial charge in [-0.25, -0.2) is 0 Å². The number of carbonyl (C=O) groups excluding carboxylic acids is 5. The molecule has 358 valence electrons. The number of hydrogen-bond donors (Lipinski definition) is 4. The van der Waals surface area contributed by atoms with Crippen molar-refractivity contribution in [2.24, 2.45) is 29.0 Å². The molecule has 0 aromatic heterocycles. The Kier molecular flexibility index (Phi) is 19.5. The number of fused-ring (bicyclic) bond motifs is 5. The molecule has 7 N–H and O–H groups in total. The zero-order valence-electron chi connectivity index (χ0n) is 40.0. The molecule has 0 saturated heterocycles. The standard InChI is InChI=1S/C53H66N6O7.H2S/c1-32-25-39(36-11-14-40(15-12-36)53(4,5)6)26-33(2)49(32)45(61)31-38(18-20-55)52(64)59(7)50-37-13-17-48(66-24-22-57)42(30-37)41-28-35(10-16-47(41)65-23-21-56)29-43(44(60)9-8-19-54)58-51(63)34(3)27-46(50)62;/h10-17,25-26,28,30,34,38,43,50H,8-9,18,20-24,27,29,31,55-57H2,1-7H3,(H,58,63);1H2/t34-,38-,43+,50+;/m1./s1. The predicted octanol–water partition coefficient (Wildman–Crippen LogP) is 6.97. The first-order valence-electron chi connectivity index (χ1n) is 22.8. The smallest absolute Gasteiger partial charge is 0.226 e. The van der Waals surface area contributed by atoms with Crippen molar-refractivity contribution in [1.82, 2.24) is 10.2 Å². The van der Waals surface area contributed by atoms with Crippen molar-refractivity contribution < 1.29 is 33.4 Å². The Morgan fingerprint density at radius 1 is 0.836 bits per heavy atom. The van der Waals surface area contributed by atoms with Crippen LogP contribution in [0.4, 0.5) is 0 Å². The lowest BCUT2D eigenvalue weighted by atomic mass is 9.85. The fourth-order valence-electron chi connectivity index (χ4n) is 8.70. The molecule has 4 aromatic rings. The third-order valence-electron chi connectivity index (χ3n) is 12.2. The maximum Gasteiger partial charge on any atom is 0.226 e. The van der Waals surface area contributed by atoms with Crippen LogP contribution in [-0.4, -0.2) is 80.0 Å². The highest BCUT2D eigenvalue weighted by Gasteiger charge is 2.36. The van der Waals surface area contributed by atoms with E-state index in [9.17, 15) is 29.2 Å². The molecule has 0 aliphatic carbocycles. The first-order chi connectivity index (χ1) is 31.4. The molecule has 1 aliphatic heterocycles. The van der Waals surface area contributed by atoms with Gasteiger partial charge in [0.1, 0.15) is 30.8 Å². The number of nitrogens with one attached hydrogen (secondary N) is 1. The van der Waals surface area contributed by atoms with E-state index in [1.807, 2.05) is 38.1 Å². The van der Waals surface area contributed by atoms with Crippen molar-refractivity contribution in [2.75, 3.05) is 39.9 Å². The third kappa shape index (κ3) is 13.4. The second-order valence-corrected chi connectivity index (χ2v) is 18.4. The number of carbonyl (C=O) groups is 5. The zero-order valence-corrected chi connectivity index (χ0v) is 41.0. The van der Waals surface area contributed by atoms with Gasteiger partial charge < -0.3 is 36.9 Å². The quantitative estimate of drug-likeness (QED) is 0.0792. The largest absolute Gasteiger partial charge is 0.492 e. The number of nitriles is 1. The van der Waals surface area contributed by atoms with Crippen LogP contribution in [0.5, 0.6) is 11.5 Å². The van der Waals surface area contributed by atoms with Crippen LogP contribution in [-0.2, 0) is 31.0 Å². The molecule has 13 nitrogen and oxygen atoms in total. The van der Waals surface area contributed by atoms with Gasteiger partial charge in [-0.05, 0) is 102 Å². The van der Waals surface area contributed by atoms with Crippen LogP contribution in [0, 0.1) is 37.0 Å². The van der Waals surface area contributed by atoms with E-state index in [1.165, 1.54) is 17.5 Å². The van der Waals surface area contributed by atoms with Crippen LogP contribution in [0.2, 0.25) is 0 Å². The molecule has 1 heterocycles. The SMILES string of the molecule is Cc1cc(-c2ccc(C(C)(C)C)cc2)cc(C)c1C(=O)C[C@@H](CCN)C(=O)N(C)[C@@H]1C(=O)C[C@@H](C)C(=O)N[C@H](C(=O)CCC#N)Cc2ccc(OCCN)c(c2)-c2cc1ccc2OCCN.S. The molecule has 4 bridgehead atoms. The second kappa shape index (κ2) is 24.3. The molecular weight excluding hydrogens is 865 g/mol. The van der Waals surface area contributed by atoms with Gasteiger partial charge >= 0.3 is 0 Å². The van der Waals surface area contributed by atoms with Gasteiger partial charge in [-0.2, -0.15) is 18.8 Å². The number of nitrogens with zero attached hydrogens (tertiary/aromatic N) is 2. The molecule has 4 atom stereocenters. The maximum absolute atomic E-state index is 14.9. The third-order valence-corrected chi connectivity index (χ3v) is 12.2. The number of amides is 2. The molecule has 14 heteroatoms. The highest BCUT2D eigenvalue weighted by Crippen LogP contribution is 2.41. The molecule has 0 fully saturated rings. The Morgan fingerprint density at radius 3 is 2.00 bits per heavy atom. The molecule has 1 aliphatic rings. The van der Waals surface area contributed by atoms with Gasteiger partial charge in [-0.15, -0.1) is 0 Å². The van der Waals surface area contributed by atoms with Crippen molar-refractivity contribution in [3.8, 4) is 39.8 Å². The van der Waals surface area contributed by atoms with E-state index >= 15 is 0 Å². The average Bonchev–Trinajstić information content (AvgIpc) is 3.28. The fraction of sp³-hybridized carbons (Fsp3) is 0.434. The summed E-state index contributed by atoms with van der Waals surface area (Å²) in [7, 11) is 1.53. The summed E-state index contributed by atoms with van der Waals surface area (Å²) in [5.74, 6) is -2.87. The summed E-state index contributed by atoms with van der Waals surface area (Å²) < 4.78 is 12.3. The summed E-state index contributed by atoms with van der Waals surface area (Å²) in [6.45, 7) is 12.8. The molecule has 2 amide bonds. The first kappa shape index (κ1) is 53.8. The van der Waals surface area contributed by atoms with Gasteiger partial charge in [-0.3, -0.25) is 24.0 Å². The summed E-state index contributed by atoms with van der Waals surface area (Å²) in [5.41, 5.74) is 25.4. The van der Waals surface area contributed by atoms with Crippen LogP contribution in [0.1, 0.15) is 104 Å². The number of hydrogen-bond acceptors (Lipinski definition) is 11. The van der Waals surface area contributed by atoms with E-state index < -0.39 is 41.5 Å². The van der Waals surface area contributed by atoms with E-state index in [0.29, 0.717) is 39.3 Å². The number of likely N-dealkylation sites (N-methyl/N-ethyl adjacent to an activating group) is 1. The molecule has 0 saturated carbocycles. The Balaban J connectivity index is 0.00000980. The molecule has 0 spiro atoms. The van der Waals surface area contributed by atoms with Gasteiger partial charge in [-0.1, -0.05) is 76.2 Å². The van der Waals surface area contributed by atoms with E-state index in [4.69, 9.17) is 26.7 Å². The predicted molar refractivity (Wildman–Crippen MR) is 267 cm³/mol. The van der Waals surface area contributed by atoms with E-state index in [-0.39, 0.29) is 102 Å². The van der Waals surface area contributed by atoms with Gasteiger partial charge in [0, 0.05) is 74.3 Å². The van der Waals surface area contributed by atoms with Gasteiger partial charge in [0.05, 0.1) is 12.1 Å². The summed E-state index contributed by atoms with van der Waals surface area (Å²) in [6.07, 6.45) is -0.241. The van der Waals surface area contributed by atoms with Crippen LogP contribution >= 0.6 is 13.5 Å². The molecule has 67 heavy (non-hydrogen) atoms. The number of ether oxygens (including phenoxy) is 2. The lowest BCUT2D eigenvalue weighted by Crippen LogP contribution is -2.46. The van der Waals surface area contributed by atoms with Gasteiger partial charge in [0.25, 0.3) is 0 Å². The van der Waals surface area contributed by atoms with Gasteiger partial charge in [0.15, 0.2) is 17.3 Å². The van der Waals surface area contributed by atoms with Crippen molar-refractivity contribution >= 4 is 42.7 Å². The number of Topliss-reactive ketones (excluding diaryl/α,β-unsaturated/α-hetero) is 3. The summed E-state index contributed by atoms with van der Waals surface area (Å²) in [6, 6.07) is 22.8. The van der Waals surface area contributed by atoms with Crippen LogP contribution in [0.15, 0.2) is 72.8 Å². The Hall–Kier alpha value is -5.85. The summed E-state index contributed by atoms with van der Waals surface area (Å²) in [5, 5.41) is 12.1. The molecule has 5 rings (SSSR count). The Morgan fingerprint density at radius 2 is 1.43 bits per heavy atom.